The quantitative estimate of drug-likeness (QED) is 0.785. The normalized spacial score (nSPS) is 27.0. The number of aromatic nitrogens is 2. The molecule has 0 spiro atoms. The Labute approximate surface area is 88.3 Å². The van der Waals surface area contributed by atoms with Crippen molar-refractivity contribution in [3.05, 3.63) is 18.2 Å². The number of nitrogens with zero attached hydrogens (tertiary/aromatic N) is 2. The summed E-state index contributed by atoms with van der Waals surface area (Å²) in [7, 11) is 0. The lowest BCUT2D eigenvalue weighted by Crippen LogP contribution is -2.48. The predicted octanol–water partition coefficient (Wildman–Crippen LogP) is 0.903. The Morgan fingerprint density at radius 3 is 3.14 bits per heavy atom. The van der Waals surface area contributed by atoms with Gasteiger partial charge in [0, 0.05) is 48.9 Å². The van der Waals surface area contributed by atoms with Gasteiger partial charge in [-0.05, 0) is 6.42 Å². The second kappa shape index (κ2) is 3.59. The lowest BCUT2D eigenvalue weighted by molar-refractivity contribution is 0.369. The van der Waals surface area contributed by atoms with Crippen LogP contribution in [0, 0.1) is 0 Å². The van der Waals surface area contributed by atoms with E-state index in [1.165, 1.54) is 23.8 Å². The molecule has 1 fully saturated rings. The number of nitrogens with one attached hydrogen (secondary N) is 1. The van der Waals surface area contributed by atoms with Crippen LogP contribution < -0.4 is 5.32 Å². The van der Waals surface area contributed by atoms with Gasteiger partial charge in [0.2, 0.25) is 0 Å². The summed E-state index contributed by atoms with van der Waals surface area (Å²) in [4.78, 5) is 4.38. The summed E-state index contributed by atoms with van der Waals surface area (Å²) in [6.07, 6.45) is 6.36. The summed E-state index contributed by atoms with van der Waals surface area (Å²) < 4.78 is 2.27. The van der Waals surface area contributed by atoms with Gasteiger partial charge >= 0.3 is 0 Å². The van der Waals surface area contributed by atoms with E-state index in [9.17, 15) is 0 Å². The van der Waals surface area contributed by atoms with E-state index >= 15 is 0 Å². The van der Waals surface area contributed by atoms with Gasteiger partial charge in [-0.1, -0.05) is 0 Å². The highest BCUT2D eigenvalue weighted by atomic mass is 32.2. The summed E-state index contributed by atoms with van der Waals surface area (Å²) in [6, 6.07) is 1.43. The number of rotatable bonds is 2. The van der Waals surface area contributed by atoms with Gasteiger partial charge < -0.3 is 9.88 Å². The zero-order valence-corrected chi connectivity index (χ0v) is 8.96. The van der Waals surface area contributed by atoms with Gasteiger partial charge in [0.25, 0.3) is 0 Å². The Morgan fingerprint density at radius 1 is 1.43 bits per heavy atom. The highest BCUT2D eigenvalue weighted by Gasteiger charge is 2.24. The fourth-order valence-corrected chi connectivity index (χ4v) is 2.82. The van der Waals surface area contributed by atoms with E-state index in [2.05, 4.69) is 21.1 Å². The van der Waals surface area contributed by atoms with Gasteiger partial charge in [0.05, 0.1) is 0 Å². The SMILES string of the molecule is c1cn2c(n1)CC(NC1CSC1)CC2. The number of imidazole rings is 1. The molecule has 1 aromatic rings. The molecular formula is C10H15N3S. The molecule has 0 radical (unpaired) electrons. The molecule has 3 nitrogen and oxygen atoms in total. The van der Waals surface area contributed by atoms with Crippen LogP contribution in [0.15, 0.2) is 12.4 Å². The molecule has 2 aliphatic heterocycles. The lowest BCUT2D eigenvalue weighted by Gasteiger charge is -2.33. The largest absolute Gasteiger partial charge is 0.335 e. The van der Waals surface area contributed by atoms with Crippen molar-refractivity contribution in [2.45, 2.75) is 31.5 Å². The molecule has 0 aromatic carbocycles. The van der Waals surface area contributed by atoms with Crippen molar-refractivity contribution >= 4 is 11.8 Å². The number of aryl methyl sites for hydroxylation is 1. The van der Waals surface area contributed by atoms with Gasteiger partial charge in [-0.3, -0.25) is 0 Å². The molecule has 3 heterocycles. The maximum atomic E-state index is 4.38. The molecule has 2 aliphatic rings. The van der Waals surface area contributed by atoms with Crippen LogP contribution in [-0.2, 0) is 13.0 Å². The first-order chi connectivity index (χ1) is 6.92. The predicted molar refractivity (Wildman–Crippen MR) is 58.6 cm³/mol. The van der Waals surface area contributed by atoms with E-state index < -0.39 is 0 Å². The molecule has 1 unspecified atom stereocenters. The molecule has 0 amide bonds. The van der Waals surface area contributed by atoms with Crippen LogP contribution in [-0.4, -0.2) is 33.1 Å². The van der Waals surface area contributed by atoms with Gasteiger partial charge in [-0.15, -0.1) is 0 Å². The number of thioether (sulfide) groups is 1. The second-order valence-electron chi connectivity index (χ2n) is 4.13. The van der Waals surface area contributed by atoms with Crippen LogP contribution in [0.3, 0.4) is 0 Å². The Kier molecular flexibility index (Phi) is 2.25. The monoisotopic (exact) mass is 209 g/mol. The van der Waals surface area contributed by atoms with Gasteiger partial charge in [0.15, 0.2) is 0 Å². The van der Waals surface area contributed by atoms with E-state index in [4.69, 9.17) is 0 Å². The number of fused-ring (bicyclic) bond motifs is 1. The van der Waals surface area contributed by atoms with E-state index in [-0.39, 0.29) is 0 Å². The number of hydrogen-bond donors (Lipinski definition) is 1. The Hall–Kier alpha value is -0.480. The van der Waals surface area contributed by atoms with Crippen molar-refractivity contribution in [1.82, 2.24) is 14.9 Å². The average molecular weight is 209 g/mol. The third kappa shape index (κ3) is 1.57. The summed E-state index contributed by atoms with van der Waals surface area (Å²) in [5, 5.41) is 3.71. The summed E-state index contributed by atoms with van der Waals surface area (Å²) in [6.45, 7) is 1.13. The fourth-order valence-electron chi connectivity index (χ4n) is 2.16. The Balaban J connectivity index is 1.63. The molecule has 3 rings (SSSR count). The summed E-state index contributed by atoms with van der Waals surface area (Å²) in [5.74, 6) is 3.84. The molecule has 76 valence electrons. The average Bonchev–Trinajstić information content (AvgIpc) is 2.58. The molecule has 14 heavy (non-hydrogen) atoms. The van der Waals surface area contributed by atoms with Gasteiger partial charge in [0.1, 0.15) is 5.82 Å². The van der Waals surface area contributed by atoms with Gasteiger partial charge in [-0.2, -0.15) is 11.8 Å². The van der Waals surface area contributed by atoms with Crippen LogP contribution in [0.5, 0.6) is 0 Å². The topological polar surface area (TPSA) is 29.9 Å². The van der Waals surface area contributed by atoms with Crippen LogP contribution in [0.1, 0.15) is 12.2 Å². The zero-order chi connectivity index (χ0) is 9.38. The third-order valence-electron chi connectivity index (χ3n) is 3.06. The van der Waals surface area contributed by atoms with E-state index in [1.807, 2.05) is 18.0 Å². The minimum absolute atomic E-state index is 0.663. The van der Waals surface area contributed by atoms with Crippen LogP contribution in [0.25, 0.3) is 0 Å². The van der Waals surface area contributed by atoms with Crippen LogP contribution in [0.2, 0.25) is 0 Å². The maximum absolute atomic E-state index is 4.38. The van der Waals surface area contributed by atoms with Crippen molar-refractivity contribution in [2.75, 3.05) is 11.5 Å². The van der Waals surface area contributed by atoms with Crippen molar-refractivity contribution in [2.24, 2.45) is 0 Å². The van der Waals surface area contributed by atoms with Crippen molar-refractivity contribution in [3.63, 3.8) is 0 Å². The van der Waals surface area contributed by atoms with E-state index in [0.717, 1.165) is 19.0 Å². The standard InChI is InChI=1S/C10H15N3S/c1-3-13-4-2-11-10(13)5-8(1)12-9-6-14-7-9/h2,4,8-9,12H,1,3,5-7H2. The first-order valence-corrected chi connectivity index (χ1v) is 6.41. The minimum Gasteiger partial charge on any atom is -0.335 e. The smallest absolute Gasteiger partial charge is 0.110 e. The van der Waals surface area contributed by atoms with E-state index in [0.29, 0.717) is 6.04 Å². The lowest BCUT2D eigenvalue weighted by atomic mass is 10.1. The first kappa shape index (κ1) is 8.80. The van der Waals surface area contributed by atoms with Gasteiger partial charge in [-0.25, -0.2) is 4.98 Å². The summed E-state index contributed by atoms with van der Waals surface area (Å²) >= 11 is 2.04. The Morgan fingerprint density at radius 2 is 2.36 bits per heavy atom. The number of hydrogen-bond acceptors (Lipinski definition) is 3. The van der Waals surface area contributed by atoms with Crippen molar-refractivity contribution < 1.29 is 0 Å². The summed E-state index contributed by atoms with van der Waals surface area (Å²) in [5.41, 5.74) is 0. The Bertz CT molecular complexity index is 319. The molecule has 4 heteroatoms. The van der Waals surface area contributed by atoms with E-state index in [1.54, 1.807) is 0 Å². The molecule has 1 saturated heterocycles. The molecular weight excluding hydrogens is 194 g/mol. The maximum Gasteiger partial charge on any atom is 0.110 e. The van der Waals surface area contributed by atoms with Crippen molar-refractivity contribution in [3.8, 4) is 0 Å². The molecule has 1 aromatic heterocycles. The first-order valence-electron chi connectivity index (χ1n) is 5.25. The minimum atomic E-state index is 0.663. The molecule has 0 aliphatic carbocycles. The third-order valence-corrected chi connectivity index (χ3v) is 4.33. The fraction of sp³-hybridized carbons (Fsp3) is 0.700. The highest BCUT2D eigenvalue weighted by Crippen LogP contribution is 2.20. The molecule has 0 bridgehead atoms. The van der Waals surface area contributed by atoms with Crippen molar-refractivity contribution in [1.29, 1.82) is 0 Å². The second-order valence-corrected chi connectivity index (χ2v) is 5.20. The highest BCUT2D eigenvalue weighted by molar-refractivity contribution is 8.00. The zero-order valence-electron chi connectivity index (χ0n) is 8.15. The molecule has 1 atom stereocenters. The molecule has 1 N–H and O–H groups in total. The van der Waals surface area contributed by atoms with Crippen LogP contribution in [0.4, 0.5) is 0 Å². The van der Waals surface area contributed by atoms with Crippen LogP contribution >= 0.6 is 11.8 Å². The molecule has 0 saturated carbocycles.